The van der Waals surface area contributed by atoms with Crippen molar-refractivity contribution in [1.82, 2.24) is 19.8 Å². The summed E-state index contributed by atoms with van der Waals surface area (Å²) in [6.07, 6.45) is 2.75. The van der Waals surface area contributed by atoms with E-state index >= 15 is 0 Å². The number of nitrogens with zero attached hydrogens (tertiary/aromatic N) is 3. The van der Waals surface area contributed by atoms with Gasteiger partial charge in [0, 0.05) is 29.4 Å². The molecule has 0 aliphatic heterocycles. The van der Waals surface area contributed by atoms with Gasteiger partial charge in [-0.3, -0.25) is 9.59 Å². The van der Waals surface area contributed by atoms with Crippen LogP contribution in [-0.2, 0) is 13.1 Å². The Labute approximate surface area is 243 Å². The third kappa shape index (κ3) is 6.96. The molecule has 0 fully saturated rings. The van der Waals surface area contributed by atoms with Crippen molar-refractivity contribution < 1.29 is 14.0 Å². The van der Waals surface area contributed by atoms with E-state index in [0.717, 1.165) is 28.2 Å². The third-order valence-corrected chi connectivity index (χ3v) is 7.61. The van der Waals surface area contributed by atoms with Crippen LogP contribution >= 0.6 is 11.3 Å². The lowest BCUT2D eigenvalue weighted by Crippen LogP contribution is -2.32. The highest BCUT2D eigenvalue weighted by molar-refractivity contribution is 7.09. The minimum atomic E-state index is -0.371. The zero-order valence-electron chi connectivity index (χ0n) is 22.7. The summed E-state index contributed by atoms with van der Waals surface area (Å²) in [6, 6.07) is 29.0. The molecule has 0 saturated carbocycles. The second kappa shape index (κ2) is 13.2. The molecule has 3 aromatic carbocycles. The van der Waals surface area contributed by atoms with Crippen molar-refractivity contribution >= 4 is 23.2 Å². The molecule has 0 radical (unpaired) electrons. The highest BCUT2D eigenvalue weighted by Gasteiger charge is 2.21. The van der Waals surface area contributed by atoms with Gasteiger partial charge in [0.25, 0.3) is 11.8 Å². The van der Waals surface area contributed by atoms with Crippen LogP contribution in [0.1, 0.15) is 62.1 Å². The lowest BCUT2D eigenvalue weighted by atomic mass is 9.98. The Balaban J connectivity index is 1.29. The fourth-order valence-corrected chi connectivity index (χ4v) is 5.50. The topological polar surface area (TPSA) is 67.2 Å². The number of rotatable bonds is 11. The van der Waals surface area contributed by atoms with Crippen LogP contribution in [0.25, 0.3) is 0 Å². The van der Waals surface area contributed by atoms with Gasteiger partial charge in [-0.2, -0.15) is 0 Å². The molecular formula is C33H31FN4O2S. The fourth-order valence-electron chi connectivity index (χ4n) is 4.73. The Bertz CT molecular complexity index is 1540. The first-order valence-electron chi connectivity index (χ1n) is 13.6. The summed E-state index contributed by atoms with van der Waals surface area (Å²) < 4.78 is 15.4. The molecule has 5 aromatic rings. The Morgan fingerprint density at radius 1 is 0.927 bits per heavy atom. The lowest BCUT2D eigenvalue weighted by molar-refractivity contribution is 0.0739. The maximum Gasteiger partial charge on any atom is 0.271 e. The minimum absolute atomic E-state index is 0.140. The molecule has 0 spiro atoms. The van der Waals surface area contributed by atoms with Crippen LogP contribution in [0.5, 0.6) is 0 Å². The summed E-state index contributed by atoms with van der Waals surface area (Å²) in [7, 11) is 0. The Kier molecular flexibility index (Phi) is 9.01. The molecule has 2 heterocycles. The molecule has 0 bridgehead atoms. The van der Waals surface area contributed by atoms with Crippen molar-refractivity contribution in [2.75, 3.05) is 6.54 Å². The average molecular weight is 567 g/mol. The molecule has 8 heteroatoms. The highest BCUT2D eigenvalue weighted by Crippen LogP contribution is 2.23. The van der Waals surface area contributed by atoms with E-state index in [9.17, 15) is 14.0 Å². The van der Waals surface area contributed by atoms with Crippen LogP contribution in [0.4, 0.5) is 4.39 Å². The first-order chi connectivity index (χ1) is 20.0. The Morgan fingerprint density at radius 3 is 2.22 bits per heavy atom. The highest BCUT2D eigenvalue weighted by atomic mass is 32.1. The molecule has 0 unspecified atom stereocenters. The van der Waals surface area contributed by atoms with Crippen LogP contribution in [0.2, 0.25) is 0 Å². The largest absolute Gasteiger partial charge is 0.343 e. The molecule has 0 saturated heterocycles. The third-order valence-electron chi connectivity index (χ3n) is 6.78. The Morgan fingerprint density at radius 2 is 1.59 bits per heavy atom. The predicted molar refractivity (Wildman–Crippen MR) is 159 cm³/mol. The zero-order valence-corrected chi connectivity index (χ0v) is 23.6. The summed E-state index contributed by atoms with van der Waals surface area (Å²) in [4.78, 5) is 32.9. The van der Waals surface area contributed by atoms with Crippen molar-refractivity contribution in [3.8, 4) is 0 Å². The minimum Gasteiger partial charge on any atom is -0.343 e. The van der Waals surface area contributed by atoms with Gasteiger partial charge in [0.05, 0.1) is 19.1 Å². The number of benzene rings is 3. The second-order valence-electron chi connectivity index (χ2n) is 9.72. The van der Waals surface area contributed by atoms with E-state index in [2.05, 4.69) is 10.3 Å². The van der Waals surface area contributed by atoms with Gasteiger partial charge in [-0.15, -0.1) is 11.3 Å². The van der Waals surface area contributed by atoms with Crippen molar-refractivity contribution in [3.05, 3.63) is 148 Å². The summed E-state index contributed by atoms with van der Waals surface area (Å²) in [5, 5.41) is 5.72. The summed E-state index contributed by atoms with van der Waals surface area (Å²) in [5.41, 5.74) is 3.76. The Hall–Kier alpha value is -4.56. The van der Waals surface area contributed by atoms with Crippen LogP contribution < -0.4 is 5.32 Å². The van der Waals surface area contributed by atoms with Crippen LogP contribution in [0.3, 0.4) is 0 Å². The number of hydrogen-bond acceptors (Lipinski definition) is 4. The smallest absolute Gasteiger partial charge is 0.271 e. The number of halogens is 1. The molecule has 41 heavy (non-hydrogen) atoms. The second-order valence-corrected chi connectivity index (χ2v) is 10.7. The number of nitrogens with one attached hydrogen (secondary N) is 1. The van der Waals surface area contributed by atoms with E-state index in [4.69, 9.17) is 0 Å². The monoisotopic (exact) mass is 566 g/mol. The number of thiazole rings is 1. The maximum atomic E-state index is 13.4. The van der Waals surface area contributed by atoms with E-state index < -0.39 is 0 Å². The van der Waals surface area contributed by atoms with Crippen LogP contribution in [-0.4, -0.2) is 32.8 Å². The standard InChI is InChI=1S/C33H31FN4O2S/c1-2-19-38(33(40)26-15-17-27(34)18-16-26)21-28-14-9-20-37(28)22-30-35-29(23-41-30)32(39)36-31(24-10-5-3-6-11-24)25-12-7-4-8-13-25/h3-18,20,23,31H,2,19,21-22H2,1H3,(H,36,39). The van der Waals surface area contributed by atoms with Gasteiger partial charge in [-0.1, -0.05) is 67.6 Å². The van der Waals surface area contributed by atoms with E-state index in [-0.39, 0.29) is 23.7 Å². The number of amides is 2. The van der Waals surface area contributed by atoms with Gasteiger partial charge >= 0.3 is 0 Å². The van der Waals surface area contributed by atoms with Crippen molar-refractivity contribution in [2.45, 2.75) is 32.5 Å². The average Bonchev–Trinajstić information content (AvgIpc) is 3.66. The molecule has 6 nitrogen and oxygen atoms in total. The summed E-state index contributed by atoms with van der Waals surface area (Å²) >= 11 is 1.43. The summed E-state index contributed by atoms with van der Waals surface area (Å²) in [5.74, 6) is -0.749. The number of carbonyl (C=O) groups excluding carboxylic acids is 2. The SMILES string of the molecule is CCCN(Cc1cccn1Cc1nc(C(=O)NC(c2ccccc2)c2ccccc2)cs1)C(=O)c1ccc(F)cc1. The van der Waals surface area contributed by atoms with Gasteiger partial charge in [0.1, 0.15) is 16.5 Å². The molecule has 0 aliphatic carbocycles. The van der Waals surface area contributed by atoms with Crippen molar-refractivity contribution in [3.63, 3.8) is 0 Å². The first kappa shape index (κ1) is 28.0. The van der Waals surface area contributed by atoms with E-state index in [1.807, 2.05) is 90.5 Å². The number of hydrogen-bond donors (Lipinski definition) is 1. The normalized spacial score (nSPS) is 11.0. The van der Waals surface area contributed by atoms with Gasteiger partial charge in [-0.25, -0.2) is 9.37 Å². The van der Waals surface area contributed by atoms with Gasteiger partial charge in [0.2, 0.25) is 0 Å². The van der Waals surface area contributed by atoms with E-state index in [1.54, 1.807) is 10.3 Å². The van der Waals surface area contributed by atoms with Gasteiger partial charge < -0.3 is 14.8 Å². The number of aromatic nitrogens is 2. The molecule has 1 N–H and O–H groups in total. The molecule has 208 valence electrons. The van der Waals surface area contributed by atoms with E-state index in [0.29, 0.717) is 30.9 Å². The van der Waals surface area contributed by atoms with Gasteiger partial charge in [0.15, 0.2) is 0 Å². The predicted octanol–water partition coefficient (Wildman–Crippen LogP) is 6.70. The summed E-state index contributed by atoms with van der Waals surface area (Å²) in [6.45, 7) is 3.48. The molecule has 0 aliphatic rings. The molecule has 5 rings (SSSR count). The van der Waals surface area contributed by atoms with E-state index in [1.165, 1.54) is 35.6 Å². The molecular weight excluding hydrogens is 535 g/mol. The first-order valence-corrected chi connectivity index (χ1v) is 14.4. The zero-order chi connectivity index (χ0) is 28.6. The van der Waals surface area contributed by atoms with Gasteiger partial charge in [-0.05, 0) is 53.9 Å². The lowest BCUT2D eigenvalue weighted by Gasteiger charge is -2.23. The molecule has 2 aromatic heterocycles. The van der Waals surface area contributed by atoms with Crippen molar-refractivity contribution in [2.24, 2.45) is 0 Å². The van der Waals surface area contributed by atoms with Crippen LogP contribution in [0.15, 0.2) is 109 Å². The fraction of sp³-hybridized carbons (Fsp3) is 0.182. The van der Waals surface area contributed by atoms with Crippen molar-refractivity contribution in [1.29, 1.82) is 0 Å². The van der Waals surface area contributed by atoms with Crippen LogP contribution in [0, 0.1) is 5.82 Å². The maximum absolute atomic E-state index is 13.4. The number of carbonyl (C=O) groups is 2. The quantitative estimate of drug-likeness (QED) is 0.193. The molecule has 0 atom stereocenters. The molecule has 2 amide bonds.